The first kappa shape index (κ1) is 14.0. The number of benzene rings is 2. The molecule has 2 aromatic rings. The first-order chi connectivity index (χ1) is 10.6. The van der Waals surface area contributed by atoms with Gasteiger partial charge in [0.2, 0.25) is 5.88 Å². The Morgan fingerprint density at radius 1 is 1.14 bits per heavy atom. The highest BCUT2D eigenvalue weighted by Crippen LogP contribution is 2.43. The fourth-order valence-electron chi connectivity index (χ4n) is 2.71. The molecule has 22 heavy (non-hydrogen) atoms. The number of nitrogens with zero attached hydrogens (tertiary/aromatic N) is 2. The van der Waals surface area contributed by atoms with Gasteiger partial charge in [0.25, 0.3) is 0 Å². The van der Waals surface area contributed by atoms with Gasteiger partial charge in [0.05, 0.1) is 5.92 Å². The van der Waals surface area contributed by atoms with E-state index < -0.39 is 0 Å². The number of allylic oxidation sites excluding steroid dienone is 1. The summed E-state index contributed by atoms with van der Waals surface area (Å²) in [6.45, 7) is 0. The number of hydrogen-bond acceptors (Lipinski definition) is 4. The smallest absolute Gasteiger partial charge is 0.205 e. The van der Waals surface area contributed by atoms with E-state index in [1.54, 1.807) is 0 Å². The Balaban J connectivity index is 2.18. The molecule has 4 heteroatoms. The van der Waals surface area contributed by atoms with Crippen LogP contribution < -0.4 is 15.4 Å². The molecule has 2 N–H and O–H groups in total. The van der Waals surface area contributed by atoms with Crippen molar-refractivity contribution in [2.24, 2.45) is 5.73 Å². The summed E-state index contributed by atoms with van der Waals surface area (Å²) in [5.74, 6) is 0.697. The summed E-state index contributed by atoms with van der Waals surface area (Å²) in [6.07, 6.45) is 0. The third kappa shape index (κ3) is 2.27. The lowest BCUT2D eigenvalue weighted by Crippen LogP contribution is -2.21. The van der Waals surface area contributed by atoms with Crippen LogP contribution in [-0.2, 0) is 0 Å². The molecule has 0 unspecified atom stereocenters. The Kier molecular flexibility index (Phi) is 3.48. The van der Waals surface area contributed by atoms with Gasteiger partial charge < -0.3 is 15.4 Å². The van der Waals surface area contributed by atoms with Gasteiger partial charge in [0.15, 0.2) is 0 Å². The Morgan fingerprint density at radius 2 is 1.86 bits per heavy atom. The van der Waals surface area contributed by atoms with Crippen molar-refractivity contribution in [1.29, 1.82) is 5.26 Å². The minimum absolute atomic E-state index is 0.180. The first-order valence-electron chi connectivity index (χ1n) is 7.05. The van der Waals surface area contributed by atoms with Crippen molar-refractivity contribution in [2.75, 3.05) is 19.0 Å². The molecule has 0 aromatic heterocycles. The number of anilines is 1. The van der Waals surface area contributed by atoms with Crippen molar-refractivity contribution in [3.05, 3.63) is 71.1 Å². The van der Waals surface area contributed by atoms with Crippen LogP contribution in [0.4, 0.5) is 5.69 Å². The molecule has 0 radical (unpaired) electrons. The molecule has 0 aliphatic carbocycles. The zero-order chi connectivity index (χ0) is 15.7. The van der Waals surface area contributed by atoms with Crippen LogP contribution in [0.1, 0.15) is 17.0 Å². The summed E-state index contributed by atoms with van der Waals surface area (Å²) in [7, 11) is 3.94. The SMILES string of the molecule is CN(C)c1ccc2c(c1)OC(N)=C(C#N)[C@H]2c1ccccc1. The van der Waals surface area contributed by atoms with Gasteiger partial charge in [0, 0.05) is 31.4 Å². The van der Waals surface area contributed by atoms with E-state index >= 15 is 0 Å². The molecule has 2 aromatic carbocycles. The summed E-state index contributed by atoms with van der Waals surface area (Å²) in [5, 5.41) is 9.49. The molecule has 0 fully saturated rings. The highest BCUT2D eigenvalue weighted by atomic mass is 16.5. The molecule has 1 aliphatic rings. The minimum atomic E-state index is -0.189. The maximum absolute atomic E-state index is 9.49. The molecule has 1 heterocycles. The quantitative estimate of drug-likeness (QED) is 0.924. The molecule has 0 spiro atoms. The average Bonchev–Trinajstić information content (AvgIpc) is 2.53. The molecule has 0 saturated heterocycles. The maximum atomic E-state index is 9.49. The fourth-order valence-corrected chi connectivity index (χ4v) is 2.71. The standard InChI is InChI=1S/C18H17N3O/c1-21(2)13-8-9-14-16(10-13)22-18(20)15(11-19)17(14)12-6-4-3-5-7-12/h3-10,17H,20H2,1-2H3/t17-/m0/s1. The van der Waals surface area contributed by atoms with Crippen LogP contribution in [0.2, 0.25) is 0 Å². The van der Waals surface area contributed by atoms with Gasteiger partial charge in [-0.2, -0.15) is 5.26 Å². The largest absolute Gasteiger partial charge is 0.440 e. The van der Waals surface area contributed by atoms with Gasteiger partial charge in [-0.05, 0) is 11.6 Å². The van der Waals surface area contributed by atoms with Crippen LogP contribution in [0, 0.1) is 11.3 Å². The lowest BCUT2D eigenvalue weighted by atomic mass is 9.83. The second kappa shape index (κ2) is 5.45. The summed E-state index contributed by atoms with van der Waals surface area (Å²) in [4.78, 5) is 2.00. The molecule has 3 rings (SSSR count). The Hall–Kier alpha value is -2.93. The van der Waals surface area contributed by atoms with Crippen molar-refractivity contribution in [2.45, 2.75) is 5.92 Å². The molecule has 1 atom stereocenters. The minimum Gasteiger partial charge on any atom is -0.440 e. The molecule has 0 saturated carbocycles. The van der Waals surface area contributed by atoms with Crippen molar-refractivity contribution in [3.63, 3.8) is 0 Å². The Bertz CT molecular complexity index is 773. The van der Waals surface area contributed by atoms with E-state index in [1.165, 1.54) is 0 Å². The summed E-state index contributed by atoms with van der Waals surface area (Å²) < 4.78 is 5.69. The monoisotopic (exact) mass is 291 g/mol. The van der Waals surface area contributed by atoms with Crippen molar-refractivity contribution in [1.82, 2.24) is 0 Å². The van der Waals surface area contributed by atoms with E-state index in [-0.39, 0.29) is 11.8 Å². The second-order valence-corrected chi connectivity index (χ2v) is 5.45. The predicted molar refractivity (Wildman–Crippen MR) is 86.5 cm³/mol. The Labute approximate surface area is 130 Å². The maximum Gasteiger partial charge on any atom is 0.205 e. The van der Waals surface area contributed by atoms with Crippen LogP contribution in [0.15, 0.2) is 60.0 Å². The van der Waals surface area contributed by atoms with Crippen molar-refractivity contribution >= 4 is 5.69 Å². The van der Waals surface area contributed by atoms with Crippen LogP contribution in [0.25, 0.3) is 0 Å². The molecule has 110 valence electrons. The van der Waals surface area contributed by atoms with Gasteiger partial charge in [-0.15, -0.1) is 0 Å². The van der Waals surface area contributed by atoms with Crippen LogP contribution in [0.3, 0.4) is 0 Å². The molecule has 0 amide bonds. The van der Waals surface area contributed by atoms with Crippen LogP contribution in [0.5, 0.6) is 5.75 Å². The first-order valence-corrected chi connectivity index (χ1v) is 7.05. The third-order valence-corrected chi connectivity index (χ3v) is 3.85. The summed E-state index contributed by atoms with van der Waals surface area (Å²) in [5.41, 5.74) is 9.45. The van der Waals surface area contributed by atoms with Gasteiger partial charge in [-0.3, -0.25) is 0 Å². The molecular weight excluding hydrogens is 274 g/mol. The lowest BCUT2D eigenvalue weighted by molar-refractivity contribution is 0.394. The topological polar surface area (TPSA) is 62.3 Å². The lowest BCUT2D eigenvalue weighted by Gasteiger charge is -2.27. The van der Waals surface area contributed by atoms with E-state index in [0.29, 0.717) is 11.3 Å². The normalized spacial score (nSPS) is 16.5. The van der Waals surface area contributed by atoms with Crippen molar-refractivity contribution < 1.29 is 4.74 Å². The van der Waals surface area contributed by atoms with E-state index in [9.17, 15) is 5.26 Å². The highest BCUT2D eigenvalue weighted by Gasteiger charge is 2.30. The Morgan fingerprint density at radius 3 is 2.50 bits per heavy atom. The summed E-state index contributed by atoms with van der Waals surface area (Å²) in [6, 6.07) is 18.1. The molecule has 1 aliphatic heterocycles. The van der Waals surface area contributed by atoms with Gasteiger partial charge in [-0.1, -0.05) is 36.4 Å². The van der Waals surface area contributed by atoms with E-state index in [0.717, 1.165) is 16.8 Å². The molecular formula is C18H17N3O. The van der Waals surface area contributed by atoms with Crippen LogP contribution >= 0.6 is 0 Å². The molecule has 4 nitrogen and oxygen atoms in total. The number of hydrogen-bond donors (Lipinski definition) is 1. The van der Waals surface area contributed by atoms with E-state index in [4.69, 9.17) is 10.5 Å². The zero-order valence-corrected chi connectivity index (χ0v) is 12.6. The van der Waals surface area contributed by atoms with Crippen molar-refractivity contribution in [3.8, 4) is 11.8 Å². The van der Waals surface area contributed by atoms with Crippen LogP contribution in [-0.4, -0.2) is 14.1 Å². The van der Waals surface area contributed by atoms with Gasteiger partial charge in [-0.25, -0.2) is 0 Å². The van der Waals surface area contributed by atoms with E-state index in [1.807, 2.05) is 67.5 Å². The number of ether oxygens (including phenoxy) is 1. The fraction of sp³-hybridized carbons (Fsp3) is 0.167. The summed E-state index contributed by atoms with van der Waals surface area (Å²) >= 11 is 0. The van der Waals surface area contributed by atoms with Gasteiger partial charge >= 0.3 is 0 Å². The second-order valence-electron chi connectivity index (χ2n) is 5.45. The number of nitrogens with two attached hydrogens (primary N) is 1. The predicted octanol–water partition coefficient (Wildman–Crippen LogP) is 2.97. The molecule has 0 bridgehead atoms. The van der Waals surface area contributed by atoms with Gasteiger partial charge in [0.1, 0.15) is 17.4 Å². The number of nitriles is 1. The number of rotatable bonds is 2. The number of fused-ring (bicyclic) bond motifs is 1. The zero-order valence-electron chi connectivity index (χ0n) is 12.6. The average molecular weight is 291 g/mol. The third-order valence-electron chi connectivity index (χ3n) is 3.85. The highest BCUT2D eigenvalue weighted by molar-refractivity contribution is 5.61. The van der Waals surface area contributed by atoms with E-state index in [2.05, 4.69) is 6.07 Å².